The van der Waals surface area contributed by atoms with Crippen molar-refractivity contribution in [1.29, 1.82) is 0 Å². The lowest BCUT2D eigenvalue weighted by Gasteiger charge is -2.10. The van der Waals surface area contributed by atoms with Crippen molar-refractivity contribution in [3.8, 4) is 17.0 Å². The molecule has 0 saturated carbocycles. The second kappa shape index (κ2) is 9.59. The third-order valence-electron chi connectivity index (χ3n) is 4.80. The first-order valence-electron chi connectivity index (χ1n) is 9.91. The number of hydrogen-bond donors (Lipinski definition) is 2. The molecule has 0 bridgehead atoms. The first-order valence-corrected chi connectivity index (χ1v) is 11.4. The van der Waals surface area contributed by atoms with Crippen molar-refractivity contribution in [3.63, 3.8) is 0 Å². The van der Waals surface area contributed by atoms with Gasteiger partial charge in [0.05, 0.1) is 17.7 Å². The average molecular weight is 447 g/mol. The number of benzene rings is 3. The molecule has 0 radical (unpaired) electrons. The summed E-state index contributed by atoms with van der Waals surface area (Å²) in [6, 6.07) is 25.3. The summed E-state index contributed by atoms with van der Waals surface area (Å²) in [5, 5.41) is 3.25. The zero-order valence-electron chi connectivity index (χ0n) is 17.4. The normalized spacial score (nSPS) is 11.2. The number of para-hydroxylation sites is 1. The van der Waals surface area contributed by atoms with Crippen LogP contribution in [0.25, 0.3) is 11.3 Å². The van der Waals surface area contributed by atoms with E-state index in [4.69, 9.17) is 4.74 Å². The molecule has 2 N–H and O–H groups in total. The minimum atomic E-state index is -3.55. The molecule has 0 aliphatic carbocycles. The maximum Gasteiger partial charge on any atom is 0.240 e. The number of hydrogen-bond acceptors (Lipinski definition) is 6. The van der Waals surface area contributed by atoms with Gasteiger partial charge in [0.2, 0.25) is 10.0 Å². The SMILES string of the molecule is COc1ccccc1-c1cc(Nc2ccc(CNS(=O)(=O)c3ccccc3)cc2)ncn1. The summed E-state index contributed by atoms with van der Waals surface area (Å²) in [5.41, 5.74) is 3.28. The number of nitrogens with zero attached hydrogens (tertiary/aromatic N) is 2. The standard InChI is InChI=1S/C24H22N4O3S/c1-31-23-10-6-5-9-21(23)22-15-24(26-17-25-22)28-19-13-11-18(12-14-19)16-27-32(29,30)20-7-3-2-4-8-20/h2-15,17,27H,16H2,1H3,(H,25,26,28). The van der Waals surface area contributed by atoms with Crippen molar-refractivity contribution in [2.24, 2.45) is 0 Å². The average Bonchev–Trinajstić information content (AvgIpc) is 2.84. The Morgan fingerprint density at radius 2 is 1.59 bits per heavy atom. The molecule has 162 valence electrons. The van der Waals surface area contributed by atoms with Crippen LogP contribution in [0.1, 0.15) is 5.56 Å². The summed E-state index contributed by atoms with van der Waals surface area (Å²) in [5.74, 6) is 1.37. The van der Waals surface area contributed by atoms with Gasteiger partial charge in [-0.2, -0.15) is 0 Å². The molecule has 0 aliphatic heterocycles. The largest absolute Gasteiger partial charge is 0.496 e. The van der Waals surface area contributed by atoms with E-state index >= 15 is 0 Å². The monoisotopic (exact) mass is 446 g/mol. The minimum Gasteiger partial charge on any atom is -0.496 e. The lowest BCUT2D eigenvalue weighted by molar-refractivity contribution is 0.416. The van der Waals surface area contributed by atoms with Gasteiger partial charge in [-0.15, -0.1) is 0 Å². The highest BCUT2D eigenvalue weighted by Crippen LogP contribution is 2.29. The molecule has 1 heterocycles. The van der Waals surface area contributed by atoms with Gasteiger partial charge in [-0.25, -0.2) is 23.1 Å². The predicted molar refractivity (Wildman–Crippen MR) is 124 cm³/mol. The summed E-state index contributed by atoms with van der Waals surface area (Å²) in [7, 11) is -1.92. The van der Waals surface area contributed by atoms with Crippen LogP contribution in [-0.4, -0.2) is 25.5 Å². The lowest BCUT2D eigenvalue weighted by Crippen LogP contribution is -2.23. The second-order valence-corrected chi connectivity index (χ2v) is 8.72. The third kappa shape index (κ3) is 5.11. The van der Waals surface area contributed by atoms with Crippen LogP contribution in [0, 0.1) is 0 Å². The highest BCUT2D eigenvalue weighted by Gasteiger charge is 2.13. The number of methoxy groups -OCH3 is 1. The van der Waals surface area contributed by atoms with Crippen molar-refractivity contribution in [3.05, 3.63) is 96.8 Å². The van der Waals surface area contributed by atoms with Gasteiger partial charge in [0.25, 0.3) is 0 Å². The predicted octanol–water partition coefficient (Wildman–Crippen LogP) is 4.37. The van der Waals surface area contributed by atoms with E-state index in [0.717, 1.165) is 28.3 Å². The number of sulfonamides is 1. The Hall–Kier alpha value is -3.75. The van der Waals surface area contributed by atoms with E-state index in [1.54, 1.807) is 37.4 Å². The topological polar surface area (TPSA) is 93.2 Å². The van der Waals surface area contributed by atoms with E-state index in [0.29, 0.717) is 5.82 Å². The number of aromatic nitrogens is 2. The van der Waals surface area contributed by atoms with Gasteiger partial charge in [-0.05, 0) is 42.0 Å². The zero-order chi connectivity index (χ0) is 22.4. The molecule has 1 aromatic heterocycles. The molecule has 0 atom stereocenters. The molecule has 0 aliphatic rings. The van der Waals surface area contributed by atoms with E-state index in [1.807, 2.05) is 54.6 Å². The fourth-order valence-electron chi connectivity index (χ4n) is 3.14. The summed E-state index contributed by atoms with van der Waals surface area (Å²) in [6.07, 6.45) is 1.50. The summed E-state index contributed by atoms with van der Waals surface area (Å²) in [4.78, 5) is 8.88. The van der Waals surface area contributed by atoms with Gasteiger partial charge >= 0.3 is 0 Å². The van der Waals surface area contributed by atoms with Gasteiger partial charge in [-0.3, -0.25) is 0 Å². The molecule has 32 heavy (non-hydrogen) atoms. The molecular weight excluding hydrogens is 424 g/mol. The van der Waals surface area contributed by atoms with Gasteiger partial charge in [0.15, 0.2) is 0 Å². The fourth-order valence-corrected chi connectivity index (χ4v) is 4.18. The molecule has 0 saturated heterocycles. The highest BCUT2D eigenvalue weighted by molar-refractivity contribution is 7.89. The molecule has 4 rings (SSSR count). The van der Waals surface area contributed by atoms with Crippen LogP contribution in [0.5, 0.6) is 5.75 Å². The number of anilines is 2. The Morgan fingerprint density at radius 3 is 2.34 bits per heavy atom. The van der Waals surface area contributed by atoms with Crippen LogP contribution in [-0.2, 0) is 16.6 Å². The second-order valence-electron chi connectivity index (χ2n) is 6.95. The molecule has 0 unspecified atom stereocenters. The van der Waals surface area contributed by atoms with Crippen molar-refractivity contribution >= 4 is 21.5 Å². The lowest BCUT2D eigenvalue weighted by atomic mass is 10.1. The molecule has 7 nitrogen and oxygen atoms in total. The first kappa shape index (κ1) is 21.5. The molecule has 8 heteroatoms. The van der Waals surface area contributed by atoms with Crippen LogP contribution in [0.15, 0.2) is 96.2 Å². The summed E-state index contributed by atoms with van der Waals surface area (Å²) in [6.45, 7) is 0.197. The van der Waals surface area contributed by atoms with E-state index in [9.17, 15) is 8.42 Å². The Bertz CT molecular complexity index is 1290. The van der Waals surface area contributed by atoms with E-state index < -0.39 is 10.0 Å². The van der Waals surface area contributed by atoms with Crippen molar-refractivity contribution in [1.82, 2.24) is 14.7 Å². The van der Waals surface area contributed by atoms with Gasteiger partial charge < -0.3 is 10.1 Å². The Kier molecular flexibility index (Phi) is 6.44. The zero-order valence-corrected chi connectivity index (χ0v) is 18.2. The number of rotatable bonds is 8. The molecule has 0 fully saturated rings. The minimum absolute atomic E-state index is 0.197. The summed E-state index contributed by atoms with van der Waals surface area (Å²) < 4.78 is 32.8. The van der Waals surface area contributed by atoms with Crippen molar-refractivity contribution in [2.45, 2.75) is 11.4 Å². The molecule has 4 aromatic rings. The quantitative estimate of drug-likeness (QED) is 0.417. The van der Waals surface area contributed by atoms with E-state index in [2.05, 4.69) is 20.0 Å². The van der Waals surface area contributed by atoms with Gasteiger partial charge in [-0.1, -0.05) is 42.5 Å². The maximum absolute atomic E-state index is 12.4. The van der Waals surface area contributed by atoms with Crippen LogP contribution >= 0.6 is 0 Å². The Balaban J connectivity index is 1.43. The van der Waals surface area contributed by atoms with Crippen LogP contribution in [0.2, 0.25) is 0 Å². The van der Waals surface area contributed by atoms with E-state index in [-0.39, 0.29) is 11.4 Å². The van der Waals surface area contributed by atoms with Gasteiger partial charge in [0.1, 0.15) is 17.9 Å². The first-order chi connectivity index (χ1) is 15.5. The molecule has 3 aromatic carbocycles. The Labute approximate surface area is 187 Å². The van der Waals surface area contributed by atoms with Crippen LogP contribution in [0.4, 0.5) is 11.5 Å². The smallest absolute Gasteiger partial charge is 0.240 e. The molecular formula is C24H22N4O3S. The van der Waals surface area contributed by atoms with E-state index in [1.165, 1.54) is 6.33 Å². The maximum atomic E-state index is 12.4. The number of ether oxygens (including phenoxy) is 1. The van der Waals surface area contributed by atoms with Gasteiger partial charge in [0, 0.05) is 23.9 Å². The number of nitrogens with one attached hydrogen (secondary N) is 2. The van der Waals surface area contributed by atoms with Crippen LogP contribution < -0.4 is 14.8 Å². The summed E-state index contributed by atoms with van der Waals surface area (Å²) >= 11 is 0. The van der Waals surface area contributed by atoms with Crippen molar-refractivity contribution in [2.75, 3.05) is 12.4 Å². The molecule has 0 amide bonds. The fraction of sp³-hybridized carbons (Fsp3) is 0.0833. The van der Waals surface area contributed by atoms with Crippen LogP contribution in [0.3, 0.4) is 0 Å². The highest BCUT2D eigenvalue weighted by atomic mass is 32.2. The molecule has 0 spiro atoms. The third-order valence-corrected chi connectivity index (χ3v) is 6.21. The van der Waals surface area contributed by atoms with Crippen molar-refractivity contribution < 1.29 is 13.2 Å². The Morgan fingerprint density at radius 1 is 0.875 bits per heavy atom.